The first kappa shape index (κ1) is 20.0. The van der Waals surface area contributed by atoms with Crippen LogP contribution in [0.5, 0.6) is 5.75 Å². The van der Waals surface area contributed by atoms with Crippen molar-refractivity contribution in [2.45, 2.75) is 32.7 Å². The van der Waals surface area contributed by atoms with Crippen LogP contribution in [-0.4, -0.2) is 34.4 Å². The Balaban J connectivity index is 1.75. The van der Waals surface area contributed by atoms with Crippen molar-refractivity contribution in [2.75, 3.05) is 13.7 Å². The second-order valence-electron chi connectivity index (χ2n) is 7.70. The molecule has 1 aromatic heterocycles. The van der Waals surface area contributed by atoms with Gasteiger partial charge in [0, 0.05) is 36.6 Å². The summed E-state index contributed by atoms with van der Waals surface area (Å²) < 4.78 is 19.4. The van der Waals surface area contributed by atoms with Crippen LogP contribution in [0.4, 0.5) is 4.39 Å². The Bertz CT molecular complexity index is 1080. The average Bonchev–Trinajstić information content (AvgIpc) is 2.78. The van der Waals surface area contributed by atoms with Gasteiger partial charge in [0.05, 0.1) is 24.1 Å². The molecule has 0 bridgehead atoms. The SMILES string of the molecule is COc1ccc(-c2nc(C(C)C)nc3c2CN(C(=O)c2ccccc2F)CC3)cc1. The number of hydrogen-bond donors (Lipinski definition) is 0. The van der Waals surface area contributed by atoms with Crippen molar-refractivity contribution < 1.29 is 13.9 Å². The molecule has 30 heavy (non-hydrogen) atoms. The molecule has 0 saturated heterocycles. The van der Waals surface area contributed by atoms with Gasteiger partial charge >= 0.3 is 0 Å². The summed E-state index contributed by atoms with van der Waals surface area (Å²) in [4.78, 5) is 24.2. The Hall–Kier alpha value is -3.28. The zero-order valence-electron chi connectivity index (χ0n) is 17.4. The lowest BCUT2D eigenvalue weighted by Crippen LogP contribution is -2.37. The van der Waals surface area contributed by atoms with Crippen LogP contribution in [0.3, 0.4) is 0 Å². The van der Waals surface area contributed by atoms with E-state index in [2.05, 4.69) is 13.8 Å². The molecule has 0 unspecified atom stereocenters. The van der Waals surface area contributed by atoms with Gasteiger partial charge in [-0.15, -0.1) is 0 Å². The topological polar surface area (TPSA) is 55.3 Å². The van der Waals surface area contributed by atoms with Crippen LogP contribution >= 0.6 is 0 Å². The van der Waals surface area contributed by atoms with Crippen molar-refractivity contribution in [3.05, 3.63) is 77.0 Å². The lowest BCUT2D eigenvalue weighted by Gasteiger charge is -2.30. The van der Waals surface area contributed by atoms with E-state index in [0.29, 0.717) is 19.5 Å². The minimum Gasteiger partial charge on any atom is -0.497 e. The Morgan fingerprint density at radius 3 is 2.50 bits per heavy atom. The maximum Gasteiger partial charge on any atom is 0.257 e. The average molecular weight is 405 g/mol. The molecule has 6 heteroatoms. The van der Waals surface area contributed by atoms with Crippen LogP contribution in [0.15, 0.2) is 48.5 Å². The van der Waals surface area contributed by atoms with E-state index < -0.39 is 5.82 Å². The maximum absolute atomic E-state index is 14.2. The van der Waals surface area contributed by atoms with Crippen LogP contribution in [0, 0.1) is 5.82 Å². The first-order valence-electron chi connectivity index (χ1n) is 10.1. The molecule has 4 rings (SSSR count). The molecular weight excluding hydrogens is 381 g/mol. The number of rotatable bonds is 4. The minimum absolute atomic E-state index is 0.0895. The fourth-order valence-electron chi connectivity index (χ4n) is 3.66. The van der Waals surface area contributed by atoms with Crippen LogP contribution in [0.2, 0.25) is 0 Å². The first-order valence-corrected chi connectivity index (χ1v) is 10.1. The van der Waals surface area contributed by atoms with Gasteiger partial charge in [-0.3, -0.25) is 4.79 Å². The number of nitrogens with zero attached hydrogens (tertiary/aromatic N) is 3. The molecule has 2 heterocycles. The molecule has 1 aliphatic rings. The highest BCUT2D eigenvalue weighted by atomic mass is 19.1. The number of carbonyl (C=O) groups is 1. The summed E-state index contributed by atoms with van der Waals surface area (Å²) in [5.41, 5.74) is 3.72. The molecule has 3 aromatic rings. The number of amides is 1. The summed E-state index contributed by atoms with van der Waals surface area (Å²) in [7, 11) is 1.63. The summed E-state index contributed by atoms with van der Waals surface area (Å²) in [6.45, 7) is 4.98. The third kappa shape index (κ3) is 3.77. The van der Waals surface area contributed by atoms with Gasteiger partial charge in [-0.2, -0.15) is 0 Å². The first-order chi connectivity index (χ1) is 14.5. The number of carbonyl (C=O) groups excluding carboxylic acids is 1. The van der Waals surface area contributed by atoms with Crippen molar-refractivity contribution in [2.24, 2.45) is 0 Å². The maximum atomic E-state index is 14.2. The summed E-state index contributed by atoms with van der Waals surface area (Å²) in [5.74, 6) is 0.920. The van der Waals surface area contributed by atoms with Crippen LogP contribution in [0.25, 0.3) is 11.3 Å². The van der Waals surface area contributed by atoms with Crippen molar-refractivity contribution >= 4 is 5.91 Å². The Morgan fingerprint density at radius 1 is 1.10 bits per heavy atom. The van der Waals surface area contributed by atoms with Crippen LogP contribution in [-0.2, 0) is 13.0 Å². The van der Waals surface area contributed by atoms with E-state index >= 15 is 0 Å². The highest BCUT2D eigenvalue weighted by Gasteiger charge is 2.28. The standard InChI is InChI=1S/C24H24FN3O2/c1-15(2)23-26-21-12-13-28(24(29)18-6-4-5-7-20(18)25)14-19(21)22(27-23)16-8-10-17(30-3)11-9-16/h4-11,15H,12-14H2,1-3H3. The Kier molecular flexibility index (Phi) is 5.48. The minimum atomic E-state index is -0.505. The van der Waals surface area contributed by atoms with Gasteiger partial charge in [0.15, 0.2) is 0 Å². The third-order valence-electron chi connectivity index (χ3n) is 5.35. The number of ether oxygens (including phenoxy) is 1. The van der Waals surface area contributed by atoms with Crippen molar-refractivity contribution in [3.8, 4) is 17.0 Å². The van der Waals surface area contributed by atoms with Gasteiger partial charge < -0.3 is 9.64 Å². The molecule has 5 nitrogen and oxygen atoms in total. The van der Waals surface area contributed by atoms with E-state index in [1.165, 1.54) is 12.1 Å². The normalized spacial score (nSPS) is 13.3. The number of hydrogen-bond acceptors (Lipinski definition) is 4. The largest absolute Gasteiger partial charge is 0.497 e. The van der Waals surface area contributed by atoms with E-state index in [0.717, 1.165) is 34.1 Å². The van der Waals surface area contributed by atoms with Gasteiger partial charge in [0.25, 0.3) is 5.91 Å². The van der Waals surface area contributed by atoms with Crippen molar-refractivity contribution in [3.63, 3.8) is 0 Å². The molecule has 0 saturated carbocycles. The fourth-order valence-corrected chi connectivity index (χ4v) is 3.66. The molecule has 0 radical (unpaired) electrons. The van der Waals surface area contributed by atoms with Gasteiger partial charge in [-0.05, 0) is 36.4 Å². The summed E-state index contributed by atoms with van der Waals surface area (Å²) in [5, 5.41) is 0. The monoisotopic (exact) mass is 405 g/mol. The molecule has 0 fully saturated rings. The van der Waals surface area contributed by atoms with E-state index in [9.17, 15) is 9.18 Å². The lowest BCUT2D eigenvalue weighted by molar-refractivity contribution is 0.0729. The van der Waals surface area contributed by atoms with Gasteiger partial charge in [0.1, 0.15) is 17.4 Å². The highest BCUT2D eigenvalue weighted by molar-refractivity contribution is 5.94. The molecule has 0 N–H and O–H groups in total. The molecular formula is C24H24FN3O2. The fraction of sp³-hybridized carbons (Fsp3) is 0.292. The number of benzene rings is 2. The number of fused-ring (bicyclic) bond motifs is 1. The number of halogens is 1. The third-order valence-corrected chi connectivity index (χ3v) is 5.35. The van der Waals surface area contributed by atoms with Crippen molar-refractivity contribution in [1.82, 2.24) is 14.9 Å². The second-order valence-corrected chi connectivity index (χ2v) is 7.70. The molecule has 0 aliphatic carbocycles. The van der Waals surface area contributed by atoms with Crippen LogP contribution < -0.4 is 4.74 Å². The Morgan fingerprint density at radius 2 is 1.83 bits per heavy atom. The lowest BCUT2D eigenvalue weighted by atomic mass is 9.97. The zero-order valence-corrected chi connectivity index (χ0v) is 17.4. The number of methoxy groups -OCH3 is 1. The van der Waals surface area contributed by atoms with Gasteiger partial charge in [0.2, 0.25) is 0 Å². The van der Waals surface area contributed by atoms with E-state index in [-0.39, 0.29) is 17.4 Å². The van der Waals surface area contributed by atoms with Gasteiger partial charge in [-0.25, -0.2) is 14.4 Å². The van der Waals surface area contributed by atoms with Crippen LogP contribution in [0.1, 0.15) is 47.2 Å². The molecule has 0 atom stereocenters. The number of aromatic nitrogens is 2. The summed E-state index contributed by atoms with van der Waals surface area (Å²) in [6.07, 6.45) is 0.612. The quantitative estimate of drug-likeness (QED) is 0.636. The molecule has 2 aromatic carbocycles. The zero-order chi connectivity index (χ0) is 21.3. The highest BCUT2D eigenvalue weighted by Crippen LogP contribution is 2.31. The molecule has 1 aliphatic heterocycles. The second kappa shape index (κ2) is 8.22. The van der Waals surface area contributed by atoms with E-state index in [4.69, 9.17) is 14.7 Å². The Labute approximate surface area is 175 Å². The summed E-state index contributed by atoms with van der Waals surface area (Å²) >= 11 is 0. The van der Waals surface area contributed by atoms with E-state index in [1.54, 1.807) is 24.1 Å². The molecule has 0 spiro atoms. The molecule has 154 valence electrons. The predicted molar refractivity (Wildman–Crippen MR) is 113 cm³/mol. The molecule has 1 amide bonds. The van der Waals surface area contributed by atoms with E-state index in [1.807, 2.05) is 24.3 Å². The van der Waals surface area contributed by atoms with Crippen molar-refractivity contribution in [1.29, 1.82) is 0 Å². The summed E-state index contributed by atoms with van der Waals surface area (Å²) in [6, 6.07) is 13.8. The van der Waals surface area contributed by atoms with Gasteiger partial charge in [-0.1, -0.05) is 26.0 Å². The smallest absolute Gasteiger partial charge is 0.257 e. The predicted octanol–water partition coefficient (Wildman–Crippen LogP) is 4.61.